The molecule has 0 atom stereocenters. The molecule has 0 unspecified atom stereocenters. The third-order valence-corrected chi connectivity index (χ3v) is 4.85. The summed E-state index contributed by atoms with van der Waals surface area (Å²) in [6.45, 7) is 5.10. The van der Waals surface area contributed by atoms with Crippen molar-refractivity contribution < 1.29 is 17.9 Å². The average molecular weight is 387 g/mol. The van der Waals surface area contributed by atoms with E-state index in [0.717, 1.165) is 25.1 Å². The maximum Gasteiger partial charge on any atom is 0.240 e. The quantitative estimate of drug-likeness (QED) is 0.278. The SMILES string of the molecule is CCNC(=NCc1cccc(S(=O)(=O)NCCOC)c1)NCCCOC. The molecule has 0 spiro atoms. The molecule has 1 aromatic rings. The highest BCUT2D eigenvalue weighted by molar-refractivity contribution is 7.89. The van der Waals surface area contributed by atoms with E-state index in [1.165, 1.54) is 7.11 Å². The zero-order chi connectivity index (χ0) is 19.3. The van der Waals surface area contributed by atoms with Gasteiger partial charge in [0.15, 0.2) is 5.96 Å². The summed E-state index contributed by atoms with van der Waals surface area (Å²) in [4.78, 5) is 4.72. The molecule has 1 rings (SSSR count). The first kappa shape index (κ1) is 22.4. The maximum absolute atomic E-state index is 12.3. The molecule has 0 aliphatic carbocycles. The molecule has 0 radical (unpaired) electrons. The van der Waals surface area contributed by atoms with Crippen LogP contribution >= 0.6 is 0 Å². The molecule has 0 saturated heterocycles. The number of aliphatic imine (C=N–C) groups is 1. The summed E-state index contributed by atoms with van der Waals surface area (Å²) in [6, 6.07) is 6.77. The molecule has 26 heavy (non-hydrogen) atoms. The minimum Gasteiger partial charge on any atom is -0.385 e. The molecule has 3 N–H and O–H groups in total. The van der Waals surface area contributed by atoms with E-state index in [-0.39, 0.29) is 11.4 Å². The van der Waals surface area contributed by atoms with Crippen LogP contribution in [0.2, 0.25) is 0 Å². The van der Waals surface area contributed by atoms with Gasteiger partial charge in [-0.1, -0.05) is 12.1 Å². The number of rotatable bonds is 12. The van der Waals surface area contributed by atoms with E-state index >= 15 is 0 Å². The van der Waals surface area contributed by atoms with Gasteiger partial charge in [-0.05, 0) is 31.0 Å². The second-order valence-electron chi connectivity index (χ2n) is 5.51. The van der Waals surface area contributed by atoms with E-state index in [1.807, 2.05) is 13.0 Å². The number of guanidine groups is 1. The van der Waals surface area contributed by atoms with Crippen LogP contribution in [-0.2, 0) is 26.0 Å². The van der Waals surface area contributed by atoms with E-state index < -0.39 is 10.0 Å². The van der Waals surface area contributed by atoms with Crippen LogP contribution in [0, 0.1) is 0 Å². The number of hydrogen-bond donors (Lipinski definition) is 3. The van der Waals surface area contributed by atoms with Gasteiger partial charge >= 0.3 is 0 Å². The van der Waals surface area contributed by atoms with Gasteiger partial charge in [0, 0.05) is 40.5 Å². The highest BCUT2D eigenvalue weighted by Gasteiger charge is 2.13. The van der Waals surface area contributed by atoms with Crippen LogP contribution < -0.4 is 15.4 Å². The topological polar surface area (TPSA) is 101 Å². The van der Waals surface area contributed by atoms with Gasteiger partial charge in [-0.3, -0.25) is 0 Å². The molecule has 0 saturated carbocycles. The molecular formula is C17H30N4O4S. The molecule has 0 aliphatic rings. The standard InChI is InChI=1S/C17H30N4O4S/c1-4-18-17(19-9-6-11-24-2)20-14-15-7-5-8-16(13-15)26(22,23)21-10-12-25-3/h5,7-8,13,21H,4,6,9-12,14H2,1-3H3,(H2,18,19,20). The van der Waals surface area contributed by atoms with E-state index in [0.29, 0.717) is 25.7 Å². The van der Waals surface area contributed by atoms with Gasteiger partial charge in [0.2, 0.25) is 10.0 Å². The third kappa shape index (κ3) is 8.61. The van der Waals surface area contributed by atoms with Crippen molar-refractivity contribution in [2.45, 2.75) is 24.8 Å². The predicted octanol–water partition coefficient (Wildman–Crippen LogP) is 0.703. The predicted molar refractivity (Wildman–Crippen MR) is 103 cm³/mol. The van der Waals surface area contributed by atoms with E-state index in [1.54, 1.807) is 25.3 Å². The molecule has 0 aromatic heterocycles. The first-order chi connectivity index (χ1) is 12.5. The Morgan fingerprint density at radius 3 is 2.58 bits per heavy atom. The molecule has 0 amide bonds. The van der Waals surface area contributed by atoms with Crippen LogP contribution in [0.15, 0.2) is 34.2 Å². The smallest absolute Gasteiger partial charge is 0.240 e. The van der Waals surface area contributed by atoms with Crippen LogP contribution in [0.4, 0.5) is 0 Å². The van der Waals surface area contributed by atoms with E-state index in [4.69, 9.17) is 9.47 Å². The third-order valence-electron chi connectivity index (χ3n) is 3.39. The van der Waals surface area contributed by atoms with Crippen molar-refractivity contribution in [2.24, 2.45) is 4.99 Å². The molecule has 1 aromatic carbocycles. The molecule has 8 nitrogen and oxygen atoms in total. The lowest BCUT2D eigenvalue weighted by Gasteiger charge is -2.11. The molecule has 148 valence electrons. The Kier molecular flexibility index (Phi) is 10.9. The summed E-state index contributed by atoms with van der Waals surface area (Å²) in [5, 5.41) is 6.38. The highest BCUT2D eigenvalue weighted by atomic mass is 32.2. The number of ether oxygens (including phenoxy) is 2. The first-order valence-electron chi connectivity index (χ1n) is 8.62. The summed E-state index contributed by atoms with van der Waals surface area (Å²) in [5.74, 6) is 0.690. The van der Waals surface area contributed by atoms with Gasteiger partial charge in [-0.25, -0.2) is 18.1 Å². The number of nitrogens with zero attached hydrogens (tertiary/aromatic N) is 1. The van der Waals surface area contributed by atoms with Crippen LogP contribution in [0.3, 0.4) is 0 Å². The van der Waals surface area contributed by atoms with Crippen molar-refractivity contribution in [1.29, 1.82) is 0 Å². The van der Waals surface area contributed by atoms with Gasteiger partial charge in [0.25, 0.3) is 0 Å². The Morgan fingerprint density at radius 2 is 1.88 bits per heavy atom. The zero-order valence-corrected chi connectivity index (χ0v) is 16.6. The number of nitrogens with one attached hydrogen (secondary N) is 3. The molecular weight excluding hydrogens is 356 g/mol. The fraction of sp³-hybridized carbons (Fsp3) is 0.588. The van der Waals surface area contributed by atoms with Gasteiger partial charge in [-0.2, -0.15) is 0 Å². The number of hydrogen-bond acceptors (Lipinski definition) is 5. The molecule has 0 heterocycles. The van der Waals surface area contributed by atoms with Crippen LogP contribution in [-0.4, -0.2) is 61.4 Å². The summed E-state index contributed by atoms with van der Waals surface area (Å²) in [6.07, 6.45) is 0.877. The number of sulfonamides is 1. The number of methoxy groups -OCH3 is 2. The Bertz CT molecular complexity index is 650. The van der Waals surface area contributed by atoms with Crippen LogP contribution in [0.1, 0.15) is 18.9 Å². The molecule has 0 fully saturated rings. The lowest BCUT2D eigenvalue weighted by Crippen LogP contribution is -2.38. The van der Waals surface area contributed by atoms with Gasteiger partial charge in [-0.15, -0.1) is 0 Å². The molecule has 0 aliphatic heterocycles. The van der Waals surface area contributed by atoms with E-state index in [9.17, 15) is 8.42 Å². The van der Waals surface area contributed by atoms with Gasteiger partial charge in [0.05, 0.1) is 18.0 Å². The second kappa shape index (κ2) is 12.6. The van der Waals surface area contributed by atoms with Crippen molar-refractivity contribution in [3.05, 3.63) is 29.8 Å². The maximum atomic E-state index is 12.3. The normalized spacial score (nSPS) is 12.2. The lowest BCUT2D eigenvalue weighted by molar-refractivity contribution is 0.195. The van der Waals surface area contributed by atoms with Crippen molar-refractivity contribution >= 4 is 16.0 Å². The first-order valence-corrected chi connectivity index (χ1v) is 10.1. The zero-order valence-electron chi connectivity index (χ0n) is 15.7. The molecule has 9 heteroatoms. The van der Waals surface area contributed by atoms with Gasteiger partial charge < -0.3 is 20.1 Å². The summed E-state index contributed by atoms with van der Waals surface area (Å²) >= 11 is 0. The van der Waals surface area contributed by atoms with Crippen LogP contribution in [0.25, 0.3) is 0 Å². The van der Waals surface area contributed by atoms with Crippen molar-refractivity contribution in [2.75, 3.05) is 47.1 Å². The Hall–Kier alpha value is -1.68. The van der Waals surface area contributed by atoms with Crippen molar-refractivity contribution in [3.63, 3.8) is 0 Å². The van der Waals surface area contributed by atoms with Gasteiger partial charge in [0.1, 0.15) is 0 Å². The Labute approximate surface area is 156 Å². The lowest BCUT2D eigenvalue weighted by atomic mass is 10.2. The monoisotopic (exact) mass is 386 g/mol. The van der Waals surface area contributed by atoms with Crippen LogP contribution in [0.5, 0.6) is 0 Å². The highest BCUT2D eigenvalue weighted by Crippen LogP contribution is 2.12. The second-order valence-corrected chi connectivity index (χ2v) is 7.27. The minimum absolute atomic E-state index is 0.222. The van der Waals surface area contributed by atoms with Crippen molar-refractivity contribution in [3.8, 4) is 0 Å². The summed E-state index contributed by atoms with van der Waals surface area (Å²) in [5.41, 5.74) is 0.814. The number of benzene rings is 1. The Balaban J connectivity index is 2.73. The Morgan fingerprint density at radius 1 is 1.12 bits per heavy atom. The fourth-order valence-corrected chi connectivity index (χ4v) is 3.19. The van der Waals surface area contributed by atoms with E-state index in [2.05, 4.69) is 20.3 Å². The minimum atomic E-state index is -3.55. The summed E-state index contributed by atoms with van der Waals surface area (Å²) < 4.78 is 36.9. The fourth-order valence-electron chi connectivity index (χ4n) is 2.11. The molecule has 0 bridgehead atoms. The summed E-state index contributed by atoms with van der Waals surface area (Å²) in [7, 11) is -0.351. The largest absolute Gasteiger partial charge is 0.385 e. The van der Waals surface area contributed by atoms with Crippen molar-refractivity contribution in [1.82, 2.24) is 15.4 Å². The average Bonchev–Trinajstić information content (AvgIpc) is 2.63.